The van der Waals surface area contributed by atoms with E-state index in [0.717, 1.165) is 24.1 Å². The summed E-state index contributed by atoms with van der Waals surface area (Å²) in [4.78, 5) is 43.9. The molecule has 3 amide bonds. The van der Waals surface area contributed by atoms with E-state index in [-0.39, 0.29) is 29.7 Å². The number of carbonyl (C=O) groups excluding carboxylic acids is 3. The first kappa shape index (κ1) is 20.8. The van der Waals surface area contributed by atoms with E-state index in [4.69, 9.17) is 16.3 Å². The molecule has 0 aliphatic carbocycles. The number of aromatic nitrogens is 1. The van der Waals surface area contributed by atoms with Gasteiger partial charge in [0, 0.05) is 28.1 Å². The number of benzene rings is 2. The van der Waals surface area contributed by atoms with E-state index in [1.54, 1.807) is 18.2 Å². The minimum absolute atomic E-state index is 0.125. The zero-order valence-electron chi connectivity index (χ0n) is 16.8. The lowest BCUT2D eigenvalue weighted by Crippen LogP contribution is -2.36. The molecule has 9 heteroatoms. The minimum Gasteiger partial charge on any atom is -0.376 e. The highest BCUT2D eigenvalue weighted by atomic mass is 35.5. The fourth-order valence-electron chi connectivity index (χ4n) is 3.84. The molecular formula is C23H18ClN3O4S. The van der Waals surface area contributed by atoms with Gasteiger partial charge in [0.2, 0.25) is 0 Å². The second kappa shape index (κ2) is 8.46. The van der Waals surface area contributed by atoms with Crippen molar-refractivity contribution in [1.29, 1.82) is 0 Å². The molecule has 3 heterocycles. The topological polar surface area (TPSA) is 88.6 Å². The van der Waals surface area contributed by atoms with Crippen molar-refractivity contribution in [3.8, 4) is 11.3 Å². The summed E-state index contributed by atoms with van der Waals surface area (Å²) in [6.07, 6.45) is 1.63. The zero-order chi connectivity index (χ0) is 22.2. The number of hydrogen-bond acceptors (Lipinski definition) is 6. The van der Waals surface area contributed by atoms with Gasteiger partial charge in [-0.05, 0) is 43.2 Å². The van der Waals surface area contributed by atoms with Crippen molar-refractivity contribution in [2.45, 2.75) is 18.9 Å². The predicted octanol–water partition coefficient (Wildman–Crippen LogP) is 4.49. The van der Waals surface area contributed by atoms with Gasteiger partial charge in [0.15, 0.2) is 5.13 Å². The third kappa shape index (κ3) is 3.92. The van der Waals surface area contributed by atoms with Gasteiger partial charge in [0.1, 0.15) is 0 Å². The fourth-order valence-corrected chi connectivity index (χ4v) is 4.68. The molecule has 0 saturated carbocycles. The molecule has 0 radical (unpaired) electrons. The number of fused-ring (bicyclic) bond motifs is 1. The molecule has 5 rings (SSSR count). The van der Waals surface area contributed by atoms with E-state index >= 15 is 0 Å². The van der Waals surface area contributed by atoms with E-state index in [0.29, 0.717) is 22.3 Å². The van der Waals surface area contributed by atoms with Gasteiger partial charge in [0.05, 0.1) is 29.5 Å². The molecule has 1 aromatic heterocycles. The van der Waals surface area contributed by atoms with E-state index < -0.39 is 11.8 Å². The molecule has 32 heavy (non-hydrogen) atoms. The lowest BCUT2D eigenvalue weighted by molar-refractivity contribution is 0.0475. The largest absolute Gasteiger partial charge is 0.376 e. The molecule has 1 saturated heterocycles. The number of imide groups is 1. The highest BCUT2D eigenvalue weighted by Gasteiger charge is 2.38. The average Bonchev–Trinajstić information content (AvgIpc) is 3.53. The standard InChI is InChI=1S/C23H18ClN3O4S/c24-15-6-3-13(4-7-15)19-12-32-23(25-19)26-20(28)14-5-8-17-18(10-14)22(30)27(21(17)29)11-16-2-1-9-31-16/h3-8,10,12,16H,1-2,9,11H2,(H,25,26,28). The van der Waals surface area contributed by atoms with Crippen LogP contribution in [-0.4, -0.2) is 46.9 Å². The average molecular weight is 468 g/mol. The van der Waals surface area contributed by atoms with Gasteiger partial charge in [-0.25, -0.2) is 4.98 Å². The van der Waals surface area contributed by atoms with Crippen LogP contribution in [0.1, 0.15) is 43.9 Å². The first-order valence-corrected chi connectivity index (χ1v) is 11.4. The van der Waals surface area contributed by atoms with Crippen LogP contribution in [0.3, 0.4) is 0 Å². The number of rotatable bonds is 5. The number of hydrogen-bond donors (Lipinski definition) is 1. The molecule has 1 N–H and O–H groups in total. The van der Waals surface area contributed by atoms with Crippen molar-refractivity contribution >= 4 is 45.8 Å². The van der Waals surface area contributed by atoms with Gasteiger partial charge >= 0.3 is 0 Å². The number of carbonyl (C=O) groups is 3. The lowest BCUT2D eigenvalue weighted by Gasteiger charge is -2.17. The Morgan fingerprint density at radius 1 is 1.16 bits per heavy atom. The van der Waals surface area contributed by atoms with Gasteiger partial charge in [-0.2, -0.15) is 0 Å². The fraction of sp³-hybridized carbons (Fsp3) is 0.217. The number of thiazole rings is 1. The van der Waals surface area contributed by atoms with Crippen molar-refractivity contribution in [2.24, 2.45) is 0 Å². The quantitative estimate of drug-likeness (QED) is 0.558. The normalized spacial score (nSPS) is 17.7. The van der Waals surface area contributed by atoms with Crippen LogP contribution in [0, 0.1) is 0 Å². The molecule has 0 bridgehead atoms. The summed E-state index contributed by atoms with van der Waals surface area (Å²) in [5.41, 5.74) is 2.44. The van der Waals surface area contributed by atoms with Crippen molar-refractivity contribution in [2.75, 3.05) is 18.5 Å². The zero-order valence-corrected chi connectivity index (χ0v) is 18.4. The van der Waals surface area contributed by atoms with E-state index in [9.17, 15) is 14.4 Å². The first-order chi connectivity index (χ1) is 15.5. The molecule has 1 fully saturated rings. The van der Waals surface area contributed by atoms with E-state index in [1.807, 2.05) is 17.5 Å². The number of ether oxygens (including phenoxy) is 1. The van der Waals surface area contributed by atoms with E-state index in [2.05, 4.69) is 10.3 Å². The molecule has 3 aromatic rings. The van der Waals surface area contributed by atoms with Gasteiger partial charge in [-0.3, -0.25) is 24.6 Å². The molecule has 2 aromatic carbocycles. The molecule has 162 valence electrons. The summed E-state index contributed by atoms with van der Waals surface area (Å²) in [7, 11) is 0. The maximum absolute atomic E-state index is 12.8. The number of amides is 3. The molecule has 0 spiro atoms. The van der Waals surface area contributed by atoms with Crippen LogP contribution in [0.4, 0.5) is 5.13 Å². The lowest BCUT2D eigenvalue weighted by atomic mass is 10.1. The van der Waals surface area contributed by atoms with Crippen molar-refractivity contribution in [3.63, 3.8) is 0 Å². The Balaban J connectivity index is 1.31. The molecule has 2 aliphatic rings. The summed E-state index contributed by atoms with van der Waals surface area (Å²) in [5.74, 6) is -1.14. The van der Waals surface area contributed by atoms with Crippen molar-refractivity contribution in [1.82, 2.24) is 9.88 Å². The Morgan fingerprint density at radius 2 is 1.94 bits per heavy atom. The number of nitrogens with zero attached hydrogens (tertiary/aromatic N) is 2. The monoisotopic (exact) mass is 467 g/mol. The van der Waals surface area contributed by atoms with Crippen LogP contribution in [0.5, 0.6) is 0 Å². The summed E-state index contributed by atoms with van der Waals surface area (Å²) in [6, 6.07) is 11.8. The summed E-state index contributed by atoms with van der Waals surface area (Å²) < 4.78 is 5.56. The van der Waals surface area contributed by atoms with Crippen LogP contribution in [0.15, 0.2) is 47.8 Å². The number of nitrogens with one attached hydrogen (secondary N) is 1. The molecule has 2 aliphatic heterocycles. The molecule has 1 atom stereocenters. The van der Waals surface area contributed by atoms with Crippen LogP contribution < -0.4 is 5.32 Å². The Morgan fingerprint density at radius 3 is 2.69 bits per heavy atom. The summed E-state index contributed by atoms with van der Waals surface area (Å²) in [5, 5.41) is 5.67. The van der Waals surface area contributed by atoms with Gasteiger partial charge in [0.25, 0.3) is 17.7 Å². The van der Waals surface area contributed by atoms with E-state index in [1.165, 1.54) is 28.4 Å². The van der Waals surface area contributed by atoms with Gasteiger partial charge in [-0.1, -0.05) is 23.7 Å². The molecule has 1 unspecified atom stereocenters. The minimum atomic E-state index is -0.400. The summed E-state index contributed by atoms with van der Waals surface area (Å²) in [6.45, 7) is 0.884. The smallest absolute Gasteiger partial charge is 0.261 e. The van der Waals surface area contributed by atoms with Crippen LogP contribution >= 0.6 is 22.9 Å². The Labute approximate surface area is 193 Å². The molecule has 7 nitrogen and oxygen atoms in total. The SMILES string of the molecule is O=C(Nc1nc(-c2ccc(Cl)cc2)cs1)c1ccc2c(c1)C(=O)N(CC1CCCO1)C2=O. The summed E-state index contributed by atoms with van der Waals surface area (Å²) >= 11 is 7.22. The third-order valence-electron chi connectivity index (χ3n) is 5.51. The van der Waals surface area contributed by atoms with Crippen LogP contribution in [-0.2, 0) is 4.74 Å². The van der Waals surface area contributed by atoms with Crippen LogP contribution in [0.25, 0.3) is 11.3 Å². The Hall–Kier alpha value is -3.07. The Bertz CT molecular complexity index is 1220. The van der Waals surface area contributed by atoms with Crippen LogP contribution in [0.2, 0.25) is 5.02 Å². The second-order valence-corrected chi connectivity index (χ2v) is 8.91. The second-order valence-electron chi connectivity index (χ2n) is 7.62. The highest BCUT2D eigenvalue weighted by Crippen LogP contribution is 2.28. The van der Waals surface area contributed by atoms with Crippen molar-refractivity contribution < 1.29 is 19.1 Å². The van der Waals surface area contributed by atoms with Crippen molar-refractivity contribution in [3.05, 3.63) is 69.6 Å². The predicted molar refractivity (Wildman–Crippen MR) is 121 cm³/mol. The maximum atomic E-state index is 12.8. The number of anilines is 1. The van der Waals surface area contributed by atoms with Gasteiger partial charge in [-0.15, -0.1) is 11.3 Å². The molecular weight excluding hydrogens is 450 g/mol. The highest BCUT2D eigenvalue weighted by molar-refractivity contribution is 7.14. The number of halogens is 1. The third-order valence-corrected chi connectivity index (χ3v) is 6.52. The first-order valence-electron chi connectivity index (χ1n) is 10.1. The maximum Gasteiger partial charge on any atom is 0.261 e. The van der Waals surface area contributed by atoms with Gasteiger partial charge < -0.3 is 4.74 Å². The Kier molecular flexibility index (Phi) is 5.50.